The highest BCUT2D eigenvalue weighted by molar-refractivity contribution is 5.89. The van der Waals surface area contributed by atoms with Crippen molar-refractivity contribution in [3.05, 3.63) is 93.8 Å². The highest BCUT2D eigenvalue weighted by Crippen LogP contribution is 2.33. The summed E-state index contributed by atoms with van der Waals surface area (Å²) in [5.74, 6) is -1.08. The van der Waals surface area contributed by atoms with E-state index >= 15 is 0 Å². The van der Waals surface area contributed by atoms with Gasteiger partial charge in [-0.2, -0.15) is 54.9 Å². The fraction of sp³-hybridized carbons (Fsp3) is 0.412. The van der Waals surface area contributed by atoms with Crippen LogP contribution < -0.4 is 9.47 Å². The summed E-state index contributed by atoms with van der Waals surface area (Å²) in [6, 6.07) is 13.1. The number of aromatic nitrogens is 9. The standard InChI is InChI=1S/2C14H14F3N3O3.C6H8F3N3O/c1-3-23-13(21)11-12(14(15,16)17)18-19-20(11)8-9-4-6-10(22-2)7-5-9;1-3-23-13(21)11-12(14(15,16)17)20(19-18-11)8-9-4-6-10(22-2)7-5-9;1-2-13-3-4-5(6(7,8)9)11-12-10-4/h2*4-7H,3,8H2,1-2H3;2-3H2,1H3,(H,10,11,12). The van der Waals surface area contributed by atoms with Crippen LogP contribution in [-0.4, -0.2) is 91.4 Å². The van der Waals surface area contributed by atoms with Crippen molar-refractivity contribution in [1.29, 1.82) is 0 Å². The molecule has 0 saturated carbocycles. The number of rotatable bonds is 13. The lowest BCUT2D eigenvalue weighted by Gasteiger charge is -2.11. The van der Waals surface area contributed by atoms with Crippen LogP contribution >= 0.6 is 0 Å². The number of aromatic amines is 1. The van der Waals surface area contributed by atoms with Crippen molar-refractivity contribution in [3.8, 4) is 11.5 Å². The smallest absolute Gasteiger partial charge is 0.437 e. The monoisotopic (exact) mass is 853 g/mol. The molecule has 0 radical (unpaired) electrons. The van der Waals surface area contributed by atoms with Crippen molar-refractivity contribution >= 4 is 11.9 Å². The van der Waals surface area contributed by atoms with Crippen molar-refractivity contribution in [2.45, 2.75) is 59.0 Å². The lowest BCUT2D eigenvalue weighted by atomic mass is 10.2. The number of hydrogen-bond acceptors (Lipinski definition) is 13. The molecule has 2 aromatic carbocycles. The van der Waals surface area contributed by atoms with E-state index in [0.717, 1.165) is 4.68 Å². The molecule has 5 aromatic rings. The maximum atomic E-state index is 13.2. The van der Waals surface area contributed by atoms with Crippen molar-refractivity contribution in [2.24, 2.45) is 0 Å². The van der Waals surface area contributed by atoms with Crippen LogP contribution in [0.15, 0.2) is 48.5 Å². The second-order valence-corrected chi connectivity index (χ2v) is 11.3. The van der Waals surface area contributed by atoms with Crippen LogP contribution in [0.25, 0.3) is 0 Å². The van der Waals surface area contributed by atoms with E-state index in [1.54, 1.807) is 55.5 Å². The van der Waals surface area contributed by atoms with Gasteiger partial charge >= 0.3 is 30.5 Å². The predicted molar refractivity (Wildman–Crippen MR) is 183 cm³/mol. The first-order valence-corrected chi connectivity index (χ1v) is 16.9. The van der Waals surface area contributed by atoms with E-state index in [0.29, 0.717) is 33.9 Å². The van der Waals surface area contributed by atoms with Crippen LogP contribution in [0, 0.1) is 0 Å². The molecule has 0 atom stereocenters. The van der Waals surface area contributed by atoms with Crippen LogP contribution in [0.5, 0.6) is 11.5 Å². The molecule has 5 rings (SSSR count). The van der Waals surface area contributed by atoms with Gasteiger partial charge in [-0.05, 0) is 56.2 Å². The molecule has 0 bridgehead atoms. The van der Waals surface area contributed by atoms with Gasteiger partial charge < -0.3 is 23.7 Å². The minimum atomic E-state index is -4.79. The zero-order valence-electron chi connectivity index (χ0n) is 31.7. The molecule has 0 saturated heterocycles. The first kappa shape index (κ1) is 47.1. The quantitative estimate of drug-likeness (QED) is 0.101. The number of benzene rings is 2. The molecule has 0 amide bonds. The summed E-state index contributed by atoms with van der Waals surface area (Å²) >= 11 is 0. The third-order valence-electron chi connectivity index (χ3n) is 7.26. The summed E-state index contributed by atoms with van der Waals surface area (Å²) in [5.41, 5.74) is -4.18. The molecule has 0 aliphatic heterocycles. The normalized spacial score (nSPS) is 11.5. The minimum Gasteiger partial charge on any atom is -0.497 e. The molecule has 0 unspecified atom stereocenters. The Morgan fingerprint density at radius 1 is 0.627 bits per heavy atom. The second-order valence-electron chi connectivity index (χ2n) is 11.3. The molecule has 1 N–H and O–H groups in total. The Hall–Kier alpha value is -6.27. The van der Waals surface area contributed by atoms with Gasteiger partial charge in [0.05, 0.1) is 47.1 Å². The van der Waals surface area contributed by atoms with Gasteiger partial charge in [0.1, 0.15) is 17.2 Å². The van der Waals surface area contributed by atoms with E-state index in [2.05, 4.69) is 40.3 Å². The number of esters is 2. The SMILES string of the molecule is CCOC(=O)c1c(C(F)(F)F)nnn1Cc1ccc(OC)cc1.CCOC(=O)c1nnn(Cc2ccc(OC)cc2)c1C(F)(F)F.CCOCc1n[nH]nc1C(F)(F)F. The van der Waals surface area contributed by atoms with Crippen molar-refractivity contribution < 1.29 is 72.8 Å². The predicted octanol–water partition coefficient (Wildman–Crippen LogP) is 6.42. The van der Waals surface area contributed by atoms with E-state index < -0.39 is 58.9 Å². The van der Waals surface area contributed by atoms with Crippen molar-refractivity contribution in [3.63, 3.8) is 0 Å². The van der Waals surface area contributed by atoms with Crippen LogP contribution in [0.1, 0.15) is 75.7 Å². The third-order valence-corrected chi connectivity index (χ3v) is 7.26. The largest absolute Gasteiger partial charge is 0.497 e. The summed E-state index contributed by atoms with van der Waals surface area (Å²) in [7, 11) is 2.99. The fourth-order valence-corrected chi connectivity index (χ4v) is 4.64. The minimum absolute atomic E-state index is 0.0517. The Morgan fingerprint density at radius 2 is 1.12 bits per heavy atom. The number of alkyl halides is 9. The van der Waals surface area contributed by atoms with Crippen LogP contribution in [-0.2, 0) is 52.4 Å². The molecule has 322 valence electrons. The fourth-order valence-electron chi connectivity index (χ4n) is 4.64. The average molecular weight is 854 g/mol. The summed E-state index contributed by atoms with van der Waals surface area (Å²) in [5, 5.41) is 21.5. The summed E-state index contributed by atoms with van der Waals surface area (Å²) in [6.07, 6.45) is -14.0. The van der Waals surface area contributed by atoms with Gasteiger partial charge in [-0.25, -0.2) is 19.0 Å². The Labute approximate surface area is 328 Å². The van der Waals surface area contributed by atoms with E-state index in [1.165, 1.54) is 28.1 Å². The Kier molecular flexibility index (Phi) is 16.7. The number of H-pyrrole nitrogens is 1. The number of carbonyl (C=O) groups excluding carboxylic acids is 2. The molecule has 3 heterocycles. The molecule has 0 aliphatic rings. The highest BCUT2D eigenvalue weighted by Gasteiger charge is 2.43. The molecule has 25 heteroatoms. The number of methoxy groups -OCH3 is 2. The van der Waals surface area contributed by atoms with Gasteiger partial charge in [-0.1, -0.05) is 34.7 Å². The summed E-state index contributed by atoms with van der Waals surface area (Å²) in [6.45, 7) is 4.49. The number of nitrogens with zero attached hydrogens (tertiary/aromatic N) is 8. The van der Waals surface area contributed by atoms with Crippen LogP contribution in [0.3, 0.4) is 0 Å². The topological polar surface area (TPSA) is 183 Å². The molecule has 0 spiro atoms. The molecule has 0 fully saturated rings. The van der Waals surface area contributed by atoms with Crippen molar-refractivity contribution in [2.75, 3.05) is 34.0 Å². The number of nitrogens with one attached hydrogen (secondary N) is 1. The lowest BCUT2D eigenvalue weighted by molar-refractivity contribution is -0.144. The number of hydrogen-bond donors (Lipinski definition) is 1. The summed E-state index contributed by atoms with van der Waals surface area (Å²) in [4.78, 5) is 23.4. The Bertz CT molecular complexity index is 2080. The molecule has 59 heavy (non-hydrogen) atoms. The molecule has 16 nitrogen and oxygen atoms in total. The Morgan fingerprint density at radius 3 is 1.58 bits per heavy atom. The maximum absolute atomic E-state index is 13.2. The number of ether oxygens (including phenoxy) is 5. The first-order valence-electron chi connectivity index (χ1n) is 16.9. The van der Waals surface area contributed by atoms with Gasteiger partial charge in [-0.15, -0.1) is 10.2 Å². The molecule has 3 aromatic heterocycles. The number of halogens is 9. The van der Waals surface area contributed by atoms with Gasteiger partial charge in [0.2, 0.25) is 11.4 Å². The highest BCUT2D eigenvalue weighted by atomic mass is 19.4. The van der Waals surface area contributed by atoms with Gasteiger partial charge in [-0.3, -0.25) is 0 Å². The number of carbonyl (C=O) groups is 2. The second kappa shape index (κ2) is 20.9. The van der Waals surface area contributed by atoms with Gasteiger partial charge in [0, 0.05) is 6.61 Å². The average Bonchev–Trinajstić information content (AvgIpc) is 3.94. The third kappa shape index (κ3) is 13.4. The van der Waals surface area contributed by atoms with E-state index in [-0.39, 0.29) is 38.6 Å². The van der Waals surface area contributed by atoms with Crippen molar-refractivity contribution in [1.82, 2.24) is 45.4 Å². The maximum Gasteiger partial charge on any atom is 0.437 e. The van der Waals surface area contributed by atoms with E-state index in [4.69, 9.17) is 14.2 Å². The molecule has 0 aliphatic carbocycles. The van der Waals surface area contributed by atoms with E-state index in [9.17, 15) is 49.1 Å². The van der Waals surface area contributed by atoms with E-state index in [1.807, 2.05) is 5.21 Å². The van der Waals surface area contributed by atoms with Crippen LogP contribution in [0.2, 0.25) is 0 Å². The van der Waals surface area contributed by atoms with Gasteiger partial charge in [0.25, 0.3) is 0 Å². The Balaban J connectivity index is 0.000000246. The molecular formula is C34H36F9N9O7. The van der Waals surface area contributed by atoms with Crippen LogP contribution in [0.4, 0.5) is 39.5 Å². The summed E-state index contributed by atoms with van der Waals surface area (Å²) < 4.78 is 141. The first-order chi connectivity index (χ1) is 27.8. The zero-order valence-corrected chi connectivity index (χ0v) is 31.7. The molecular weight excluding hydrogens is 817 g/mol. The lowest BCUT2D eigenvalue weighted by Crippen LogP contribution is -2.20. The zero-order chi connectivity index (χ0) is 44.0. The van der Waals surface area contributed by atoms with Gasteiger partial charge in [0.15, 0.2) is 17.1 Å².